The zero-order chi connectivity index (χ0) is 16.7. The number of aromatic nitrogens is 1. The second-order valence-corrected chi connectivity index (χ2v) is 9.93. The molecular formula is C15H22N4O3S2. The van der Waals surface area contributed by atoms with Crippen LogP contribution in [0.25, 0.3) is 0 Å². The van der Waals surface area contributed by atoms with Crippen molar-refractivity contribution in [2.45, 2.75) is 31.3 Å². The lowest BCUT2D eigenvalue weighted by Gasteiger charge is -2.37. The maximum atomic E-state index is 12.6. The van der Waals surface area contributed by atoms with Crippen LogP contribution in [0.1, 0.15) is 29.8 Å². The fraction of sp³-hybridized carbons (Fsp3) is 0.733. The van der Waals surface area contributed by atoms with Crippen molar-refractivity contribution < 1.29 is 13.2 Å². The summed E-state index contributed by atoms with van der Waals surface area (Å²) in [6, 6.07) is 0.659. The van der Waals surface area contributed by atoms with E-state index in [0.717, 1.165) is 24.6 Å². The van der Waals surface area contributed by atoms with Crippen LogP contribution in [-0.4, -0.2) is 78.9 Å². The van der Waals surface area contributed by atoms with Crippen LogP contribution >= 0.6 is 11.3 Å². The van der Waals surface area contributed by atoms with E-state index in [1.165, 1.54) is 24.2 Å². The average molecular weight is 371 g/mol. The summed E-state index contributed by atoms with van der Waals surface area (Å²) in [4.78, 5) is 21.0. The number of thiazole rings is 1. The summed E-state index contributed by atoms with van der Waals surface area (Å²) in [5, 5.41) is 5.97. The predicted molar refractivity (Wildman–Crippen MR) is 93.3 cm³/mol. The lowest BCUT2D eigenvalue weighted by Crippen LogP contribution is -2.52. The molecule has 0 spiro atoms. The summed E-state index contributed by atoms with van der Waals surface area (Å²) >= 11 is 1.48. The molecule has 1 aromatic rings. The lowest BCUT2D eigenvalue weighted by atomic mass is 10.2. The van der Waals surface area contributed by atoms with Gasteiger partial charge in [-0.1, -0.05) is 0 Å². The number of carbonyl (C=O) groups is 1. The van der Waals surface area contributed by atoms with Gasteiger partial charge in [-0.15, -0.1) is 11.3 Å². The largest absolute Gasteiger partial charge is 0.359 e. The molecule has 24 heavy (non-hydrogen) atoms. The first-order valence-electron chi connectivity index (χ1n) is 8.46. The number of amides is 1. The van der Waals surface area contributed by atoms with Crippen molar-refractivity contribution in [2.24, 2.45) is 0 Å². The second-order valence-electron chi connectivity index (χ2n) is 6.84. The molecule has 3 heterocycles. The highest BCUT2D eigenvalue weighted by atomic mass is 32.2. The zero-order valence-corrected chi connectivity index (χ0v) is 15.1. The zero-order valence-electron chi connectivity index (χ0n) is 13.5. The highest BCUT2D eigenvalue weighted by Gasteiger charge is 2.34. The third-order valence-corrected chi connectivity index (χ3v) is 7.48. The van der Waals surface area contributed by atoms with E-state index < -0.39 is 9.84 Å². The Hall–Kier alpha value is -1.19. The number of piperazine rings is 1. The quantitative estimate of drug-likeness (QED) is 0.839. The molecule has 2 saturated heterocycles. The summed E-state index contributed by atoms with van der Waals surface area (Å²) in [7, 11) is -2.86. The summed E-state index contributed by atoms with van der Waals surface area (Å²) in [5.74, 6) is 0.545. The van der Waals surface area contributed by atoms with Crippen LogP contribution < -0.4 is 5.32 Å². The smallest absolute Gasteiger partial charge is 0.273 e. The van der Waals surface area contributed by atoms with Crippen LogP contribution in [0, 0.1) is 0 Å². The molecule has 2 aliphatic heterocycles. The molecule has 0 bridgehead atoms. The average Bonchev–Trinajstić information content (AvgIpc) is 3.12. The van der Waals surface area contributed by atoms with Crippen molar-refractivity contribution >= 4 is 32.2 Å². The van der Waals surface area contributed by atoms with Crippen molar-refractivity contribution in [3.05, 3.63) is 11.1 Å². The van der Waals surface area contributed by atoms with Crippen LogP contribution in [0.2, 0.25) is 0 Å². The number of rotatable bonds is 4. The predicted octanol–water partition coefficient (Wildman–Crippen LogP) is 0.662. The first-order valence-corrected chi connectivity index (χ1v) is 11.2. The third kappa shape index (κ3) is 3.57. The van der Waals surface area contributed by atoms with Gasteiger partial charge in [0.1, 0.15) is 5.69 Å². The molecule has 0 aromatic carbocycles. The molecule has 3 fully saturated rings. The molecule has 1 aliphatic carbocycles. The molecule has 1 atom stereocenters. The van der Waals surface area contributed by atoms with Crippen molar-refractivity contribution in [3.8, 4) is 0 Å². The topological polar surface area (TPSA) is 82.6 Å². The van der Waals surface area contributed by atoms with Gasteiger partial charge >= 0.3 is 0 Å². The number of anilines is 1. The Morgan fingerprint density at radius 3 is 2.58 bits per heavy atom. The number of nitrogens with one attached hydrogen (secondary N) is 1. The fourth-order valence-electron chi connectivity index (χ4n) is 3.36. The van der Waals surface area contributed by atoms with Gasteiger partial charge in [-0.05, 0) is 19.3 Å². The van der Waals surface area contributed by atoms with E-state index in [4.69, 9.17) is 0 Å². The molecule has 132 valence electrons. The molecule has 7 nitrogen and oxygen atoms in total. The Morgan fingerprint density at radius 1 is 1.21 bits per heavy atom. The summed E-state index contributed by atoms with van der Waals surface area (Å²) < 4.78 is 23.2. The molecule has 1 saturated carbocycles. The van der Waals surface area contributed by atoms with Gasteiger partial charge in [-0.3, -0.25) is 9.69 Å². The highest BCUT2D eigenvalue weighted by molar-refractivity contribution is 7.91. The molecule has 1 aromatic heterocycles. The van der Waals surface area contributed by atoms with E-state index in [9.17, 15) is 13.2 Å². The van der Waals surface area contributed by atoms with Crippen molar-refractivity contribution in [2.75, 3.05) is 43.0 Å². The van der Waals surface area contributed by atoms with Gasteiger partial charge in [0.2, 0.25) is 0 Å². The molecule has 4 rings (SSSR count). The summed E-state index contributed by atoms with van der Waals surface area (Å²) in [6.45, 7) is 2.75. The molecule has 0 unspecified atom stereocenters. The van der Waals surface area contributed by atoms with Crippen LogP contribution in [-0.2, 0) is 9.84 Å². The Balaban J connectivity index is 1.32. The highest BCUT2D eigenvalue weighted by Crippen LogP contribution is 2.27. The van der Waals surface area contributed by atoms with Crippen molar-refractivity contribution in [3.63, 3.8) is 0 Å². The minimum absolute atomic E-state index is 0.0196. The minimum Gasteiger partial charge on any atom is -0.359 e. The molecule has 1 amide bonds. The van der Waals surface area contributed by atoms with E-state index in [1.807, 2.05) is 10.3 Å². The minimum atomic E-state index is -2.86. The molecule has 3 aliphatic rings. The number of carbonyl (C=O) groups excluding carboxylic acids is 1. The molecular weight excluding hydrogens is 348 g/mol. The second kappa shape index (κ2) is 6.27. The monoisotopic (exact) mass is 370 g/mol. The Labute approximate surface area is 146 Å². The Morgan fingerprint density at radius 2 is 1.96 bits per heavy atom. The third-order valence-electron chi connectivity index (χ3n) is 4.95. The van der Waals surface area contributed by atoms with Crippen LogP contribution in [0.5, 0.6) is 0 Å². The SMILES string of the molecule is O=C(c1csc(NC2CC2)n1)N1CCN([C@H]2CCS(=O)(=O)C2)CC1. The maximum absolute atomic E-state index is 12.6. The summed E-state index contributed by atoms with van der Waals surface area (Å²) in [5.41, 5.74) is 0.514. The van der Waals surface area contributed by atoms with Gasteiger partial charge in [0.15, 0.2) is 15.0 Å². The number of nitrogens with zero attached hydrogens (tertiary/aromatic N) is 3. The number of sulfone groups is 1. The van der Waals surface area contributed by atoms with E-state index in [1.54, 1.807) is 0 Å². The van der Waals surface area contributed by atoms with Gasteiger partial charge in [0, 0.05) is 43.6 Å². The standard InChI is InChI=1S/C15H22N4O3S2/c20-14(13-9-23-15(17-13)16-11-1-2-11)19-6-4-18(5-7-19)12-3-8-24(21,22)10-12/h9,11-12H,1-8,10H2,(H,16,17)/t12-/m0/s1. The normalized spacial score (nSPS) is 27.3. The first kappa shape index (κ1) is 16.3. The lowest BCUT2D eigenvalue weighted by molar-refractivity contribution is 0.0583. The van der Waals surface area contributed by atoms with Gasteiger partial charge in [-0.2, -0.15) is 0 Å². The van der Waals surface area contributed by atoms with Crippen molar-refractivity contribution in [1.82, 2.24) is 14.8 Å². The fourth-order valence-corrected chi connectivity index (χ4v) is 5.88. The van der Waals surface area contributed by atoms with E-state index in [2.05, 4.69) is 15.2 Å². The van der Waals surface area contributed by atoms with E-state index in [0.29, 0.717) is 30.6 Å². The van der Waals surface area contributed by atoms with Gasteiger partial charge in [0.05, 0.1) is 11.5 Å². The van der Waals surface area contributed by atoms with Crippen LogP contribution in [0.4, 0.5) is 5.13 Å². The van der Waals surface area contributed by atoms with Crippen molar-refractivity contribution in [1.29, 1.82) is 0 Å². The Bertz CT molecular complexity index is 721. The maximum Gasteiger partial charge on any atom is 0.273 e. The van der Waals surface area contributed by atoms with Gasteiger partial charge < -0.3 is 10.2 Å². The van der Waals surface area contributed by atoms with E-state index >= 15 is 0 Å². The first-order chi connectivity index (χ1) is 11.5. The van der Waals surface area contributed by atoms with Gasteiger partial charge in [0.25, 0.3) is 5.91 Å². The molecule has 9 heteroatoms. The summed E-state index contributed by atoms with van der Waals surface area (Å²) in [6.07, 6.45) is 3.09. The van der Waals surface area contributed by atoms with Crippen LogP contribution in [0.15, 0.2) is 5.38 Å². The van der Waals surface area contributed by atoms with Gasteiger partial charge in [-0.25, -0.2) is 13.4 Å². The number of hydrogen-bond donors (Lipinski definition) is 1. The Kier molecular flexibility index (Phi) is 4.26. The van der Waals surface area contributed by atoms with Crippen LogP contribution in [0.3, 0.4) is 0 Å². The van der Waals surface area contributed by atoms with E-state index in [-0.39, 0.29) is 17.7 Å². The number of hydrogen-bond acceptors (Lipinski definition) is 7. The molecule has 1 N–H and O–H groups in total. The molecule has 0 radical (unpaired) electrons.